The molecule has 68 heavy (non-hydrogen) atoms. The van der Waals surface area contributed by atoms with E-state index < -0.39 is 22.3 Å². The summed E-state index contributed by atoms with van der Waals surface area (Å²) in [6, 6.07) is 35.5. The standard InChI is InChI=1S/C48H48N8.C8H9O2P.Al/c1-45(2,3)25-13-17-29-33(21-25)41-49-37(29)54-42-35-23-27(47(7,8)9)15-19-31(35)39(51-42)56-44-36-24-28(48(10,11)12)16-20-32(36)40(52-44)55-43-34-22-26(46(4,5)6)14-18-30(34)38(50-43)53-41;1-2-11(9,10)8-6-4-3-5-7-8;/h13-24H,1-12H3;2-7H,1H2,(H,9,10);/q-2;;+3/p-1. The van der Waals surface area contributed by atoms with E-state index in [1.165, 1.54) is 5.82 Å². The second-order valence-electron chi connectivity index (χ2n) is 22.6. The molecule has 2 aromatic heterocycles. The molecule has 1 unspecified atom stereocenters. The largest absolute Gasteiger partial charge is 0.815 e. The van der Waals surface area contributed by atoms with Crippen LogP contribution in [0.25, 0.3) is 21.5 Å². The predicted octanol–water partition coefficient (Wildman–Crippen LogP) is 11.9. The van der Waals surface area contributed by atoms with E-state index in [1.54, 1.807) is 0 Å². The number of hydrogen-bond acceptors (Lipinski definition) is 8. The molecule has 0 fully saturated rings. The number of aromatic nitrogens is 2. The normalized spacial score (nSPS) is 16.2. The lowest BCUT2D eigenvalue weighted by Gasteiger charge is -2.24. The van der Waals surface area contributed by atoms with E-state index in [2.05, 4.69) is 170 Å². The van der Waals surface area contributed by atoms with Crippen molar-refractivity contribution in [3.8, 4) is 0 Å². The third-order valence-electron chi connectivity index (χ3n) is 13.7. The molecule has 7 aromatic rings. The van der Waals surface area contributed by atoms with Gasteiger partial charge in [-0.05, 0) is 86.1 Å². The molecule has 0 radical (unpaired) electrons. The highest BCUT2D eigenvalue weighted by Gasteiger charge is 2.47. The fourth-order valence-corrected chi connectivity index (χ4v) is 14.9. The Hall–Kier alpha value is -6.08. The van der Waals surface area contributed by atoms with Gasteiger partial charge in [0.25, 0.3) is 0 Å². The van der Waals surface area contributed by atoms with Crippen LogP contribution in [0.3, 0.4) is 0 Å². The molecule has 0 saturated heterocycles. The molecule has 4 aliphatic rings. The lowest BCUT2D eigenvalue weighted by molar-refractivity contribution is 0.492. The van der Waals surface area contributed by atoms with Gasteiger partial charge in [-0.15, -0.1) is 0 Å². The first-order valence-corrected chi connectivity index (χ1v) is 26.6. The number of nitrogens with zero attached hydrogens (tertiary/aromatic N) is 8. The van der Waals surface area contributed by atoms with Crippen molar-refractivity contribution in [2.24, 2.45) is 30.0 Å². The zero-order valence-corrected chi connectivity index (χ0v) is 43.1. The van der Waals surface area contributed by atoms with Gasteiger partial charge in [0, 0.05) is 49.1 Å². The van der Waals surface area contributed by atoms with Crippen molar-refractivity contribution < 1.29 is 8.14 Å². The quantitative estimate of drug-likeness (QED) is 0.129. The molecule has 12 heteroatoms. The zero-order chi connectivity index (χ0) is 48.0. The van der Waals surface area contributed by atoms with Crippen molar-refractivity contribution in [2.45, 2.75) is 105 Å². The molecule has 0 N–H and O–H groups in total. The molecule has 0 saturated carbocycles. The highest BCUT2D eigenvalue weighted by molar-refractivity contribution is 7.70. The summed E-state index contributed by atoms with van der Waals surface area (Å²) in [6.07, 6.45) is 0. The summed E-state index contributed by atoms with van der Waals surface area (Å²) in [6.45, 7) is 30.8. The van der Waals surface area contributed by atoms with Crippen LogP contribution in [0, 0.1) is 0 Å². The van der Waals surface area contributed by atoms with Crippen molar-refractivity contribution in [2.75, 3.05) is 0 Å². The minimum atomic E-state index is -3.85. The summed E-state index contributed by atoms with van der Waals surface area (Å²) in [5.41, 5.74) is 8.56. The first kappa shape index (κ1) is 44.4. The maximum Gasteiger partial charge on any atom is 0.815 e. The smallest absolute Gasteiger partial charge is 0.410 e. The van der Waals surface area contributed by atoms with Crippen molar-refractivity contribution in [1.29, 1.82) is 0 Å². The Kier molecular flexibility index (Phi) is 9.77. The number of hydrogen-bond donors (Lipinski definition) is 0. The fourth-order valence-electron chi connectivity index (χ4n) is 9.54. The van der Waals surface area contributed by atoms with Crippen molar-refractivity contribution in [3.05, 3.63) is 171 Å². The van der Waals surface area contributed by atoms with E-state index in [4.69, 9.17) is 33.5 Å². The van der Waals surface area contributed by atoms with Gasteiger partial charge in [0.15, 0.2) is 23.3 Å². The van der Waals surface area contributed by atoms with Crippen LogP contribution in [0.1, 0.15) is 128 Å². The van der Waals surface area contributed by atoms with Gasteiger partial charge in [0.05, 0.1) is 0 Å². The molecule has 6 heterocycles. The van der Waals surface area contributed by atoms with Crippen molar-refractivity contribution >= 4 is 84.1 Å². The average molecular weight is 931 g/mol. The lowest BCUT2D eigenvalue weighted by Crippen LogP contribution is -2.48. The van der Waals surface area contributed by atoms with Gasteiger partial charge in [0.2, 0.25) is 7.37 Å². The van der Waals surface area contributed by atoms with E-state index >= 15 is 4.57 Å². The van der Waals surface area contributed by atoms with E-state index in [0.717, 1.165) is 66.1 Å². The Morgan fingerprint density at radius 2 is 0.897 bits per heavy atom. The van der Waals surface area contributed by atoms with Gasteiger partial charge in [-0.1, -0.05) is 156 Å². The van der Waals surface area contributed by atoms with Crippen LogP contribution >= 0.6 is 7.37 Å². The molecule has 6 bridgehead atoms. The SMILES string of the molecule is C=CP(=O)([O][Al]1[n]2c3c4cc(C(C)(C)C)ccc4c2N=C2N=C(N=c4c5cc(C(C)(C)C)ccc5c([n]41)=NC1=NC(=N3)c3ccc(C(C)(C)C)cc31)c1ccc(C(C)(C)C)cc12)c1ccccc1. The predicted molar refractivity (Wildman–Crippen MR) is 281 cm³/mol. The fraction of sp³-hybridized carbons (Fsp3) is 0.286. The molecule has 0 aliphatic carbocycles. The summed E-state index contributed by atoms with van der Waals surface area (Å²) in [5.74, 6) is 4.78. The van der Waals surface area contributed by atoms with Gasteiger partial charge in [-0.25, -0.2) is 30.0 Å². The van der Waals surface area contributed by atoms with Gasteiger partial charge in [-0.2, -0.15) is 0 Å². The van der Waals surface area contributed by atoms with Crippen molar-refractivity contribution in [1.82, 2.24) is 7.10 Å². The van der Waals surface area contributed by atoms with Crippen LogP contribution in [-0.2, 0) is 29.8 Å². The summed E-state index contributed by atoms with van der Waals surface area (Å²) >= 11 is -3.55. The second kappa shape index (κ2) is 15.0. The van der Waals surface area contributed by atoms with Gasteiger partial charge >= 0.3 is 14.9 Å². The molecule has 4 aliphatic heterocycles. The van der Waals surface area contributed by atoms with E-state index in [-0.39, 0.29) is 21.7 Å². The Balaban J connectivity index is 1.40. The first-order valence-electron chi connectivity index (χ1n) is 23.4. The average Bonchev–Trinajstić information content (AvgIpc) is 3.99. The Morgan fingerprint density at radius 1 is 0.471 bits per heavy atom. The number of amidine groups is 4. The lowest BCUT2D eigenvalue weighted by atomic mass is 9.85. The highest BCUT2D eigenvalue weighted by atomic mass is 31.2. The topological polar surface area (TPSA) is 110 Å². The molecule has 1 atom stereocenters. The summed E-state index contributed by atoms with van der Waals surface area (Å²) < 4.78 is 27.7. The molecule has 0 spiro atoms. The van der Waals surface area contributed by atoms with Crippen LogP contribution in [0.2, 0.25) is 0 Å². The molecule has 5 aromatic carbocycles. The molecule has 11 rings (SSSR count). The molecular weight excluding hydrogens is 875 g/mol. The summed E-state index contributed by atoms with van der Waals surface area (Å²) in [4.78, 5) is 33.3. The van der Waals surface area contributed by atoms with Crippen LogP contribution in [0.4, 0.5) is 11.6 Å². The number of rotatable bonds is 4. The van der Waals surface area contributed by atoms with Crippen LogP contribution in [-0.4, -0.2) is 45.4 Å². The third-order valence-corrected chi connectivity index (χ3v) is 19.1. The second-order valence-corrected chi connectivity index (χ2v) is 27.2. The third kappa shape index (κ3) is 7.04. The van der Waals surface area contributed by atoms with Gasteiger partial charge in [0.1, 0.15) is 22.6 Å². The van der Waals surface area contributed by atoms with Gasteiger partial charge < -0.3 is 10.7 Å². The highest BCUT2D eigenvalue weighted by Crippen LogP contribution is 2.50. The maximum absolute atomic E-state index is 15.9. The number of fused-ring (bicyclic) bond motifs is 14. The molecule has 0 amide bonds. The van der Waals surface area contributed by atoms with E-state index in [9.17, 15) is 0 Å². The Morgan fingerprint density at radius 3 is 1.43 bits per heavy atom. The molecular formula is C56H56AlN8O2P. The zero-order valence-electron chi connectivity index (χ0n) is 41.0. The Bertz CT molecular complexity index is 3690. The monoisotopic (exact) mass is 930 g/mol. The van der Waals surface area contributed by atoms with E-state index in [0.29, 0.717) is 51.3 Å². The minimum Gasteiger partial charge on any atom is -0.410 e. The van der Waals surface area contributed by atoms with Gasteiger partial charge in [-0.3, -0.25) is 4.57 Å². The summed E-state index contributed by atoms with van der Waals surface area (Å²) in [7, 11) is -3.85. The number of aliphatic imine (C=N–C) groups is 4. The number of benzene rings is 5. The first-order chi connectivity index (χ1) is 32.0. The minimum absolute atomic E-state index is 0.146. The summed E-state index contributed by atoms with van der Waals surface area (Å²) in [5, 5.41) is 3.96. The van der Waals surface area contributed by atoms with Crippen LogP contribution in [0.5, 0.6) is 0 Å². The molecule has 340 valence electrons. The maximum atomic E-state index is 15.9. The molecule has 10 nitrogen and oxygen atoms in total. The van der Waals surface area contributed by atoms with E-state index in [1.807, 2.05) is 30.3 Å². The Labute approximate surface area is 403 Å². The van der Waals surface area contributed by atoms with Crippen LogP contribution < -0.4 is 16.3 Å². The van der Waals surface area contributed by atoms with Crippen LogP contribution in [0.15, 0.2) is 145 Å². The van der Waals surface area contributed by atoms with Crippen molar-refractivity contribution in [3.63, 3.8) is 0 Å².